The zero-order chi connectivity index (χ0) is 16.6. The average Bonchev–Trinajstić information content (AvgIpc) is 2.49. The lowest BCUT2D eigenvalue weighted by Crippen LogP contribution is -2.56. The molecule has 0 radical (unpaired) electrons. The highest BCUT2D eigenvalue weighted by atomic mass is 16.4. The molecule has 1 aliphatic rings. The molecule has 0 saturated heterocycles. The number of likely N-dealkylation sites (N-methyl/N-ethyl adjacent to an activating group) is 1. The van der Waals surface area contributed by atoms with E-state index in [9.17, 15) is 19.5 Å². The van der Waals surface area contributed by atoms with Crippen molar-refractivity contribution in [3.8, 4) is 0 Å². The van der Waals surface area contributed by atoms with Gasteiger partial charge in [-0.1, -0.05) is 25.7 Å². The standard InChI is InChI=1S/C16H28N2O4/c1-13(19)17-12-8-3-5-9-14(20)18(2)16(15(21)22)10-6-4-7-11-16/h3-12H2,1-2H3,(H,17,19)(H,21,22). The number of carbonyl (C=O) groups excluding carboxylic acids is 2. The Labute approximate surface area is 132 Å². The van der Waals surface area contributed by atoms with E-state index in [2.05, 4.69) is 5.32 Å². The van der Waals surface area contributed by atoms with Crippen LogP contribution in [0.3, 0.4) is 0 Å². The number of nitrogens with zero attached hydrogens (tertiary/aromatic N) is 1. The molecule has 1 rings (SSSR count). The van der Waals surface area contributed by atoms with Crippen LogP contribution in [0.25, 0.3) is 0 Å². The number of rotatable bonds is 8. The van der Waals surface area contributed by atoms with E-state index < -0.39 is 11.5 Å². The van der Waals surface area contributed by atoms with Crippen LogP contribution < -0.4 is 5.32 Å². The second-order valence-electron chi connectivity index (χ2n) is 6.14. The lowest BCUT2D eigenvalue weighted by molar-refractivity contribution is -0.160. The predicted molar refractivity (Wildman–Crippen MR) is 83.4 cm³/mol. The SMILES string of the molecule is CC(=O)NCCCCCC(=O)N(C)C1(C(=O)O)CCCCC1. The first-order chi connectivity index (χ1) is 10.4. The fourth-order valence-electron chi connectivity index (χ4n) is 3.08. The van der Waals surface area contributed by atoms with E-state index in [1.807, 2.05) is 0 Å². The highest BCUT2D eigenvalue weighted by Gasteiger charge is 2.45. The summed E-state index contributed by atoms with van der Waals surface area (Å²) in [5, 5.41) is 12.3. The van der Waals surface area contributed by atoms with Crippen LogP contribution in [-0.2, 0) is 14.4 Å². The Hall–Kier alpha value is -1.59. The minimum absolute atomic E-state index is 0.0449. The maximum Gasteiger partial charge on any atom is 0.329 e. The molecule has 2 N–H and O–H groups in total. The average molecular weight is 312 g/mol. The van der Waals surface area contributed by atoms with Crippen LogP contribution >= 0.6 is 0 Å². The van der Waals surface area contributed by atoms with Crippen LogP contribution in [0.2, 0.25) is 0 Å². The minimum atomic E-state index is -1.01. The number of carbonyl (C=O) groups is 3. The number of nitrogens with one attached hydrogen (secondary N) is 1. The Bertz CT molecular complexity index is 403. The Morgan fingerprint density at radius 3 is 2.27 bits per heavy atom. The van der Waals surface area contributed by atoms with Crippen molar-refractivity contribution in [1.29, 1.82) is 0 Å². The van der Waals surface area contributed by atoms with E-state index in [-0.39, 0.29) is 11.8 Å². The second-order valence-corrected chi connectivity index (χ2v) is 6.14. The Morgan fingerprint density at radius 1 is 1.09 bits per heavy atom. The van der Waals surface area contributed by atoms with E-state index in [1.54, 1.807) is 7.05 Å². The van der Waals surface area contributed by atoms with Gasteiger partial charge in [0, 0.05) is 26.9 Å². The number of hydrogen-bond acceptors (Lipinski definition) is 3. The number of carboxylic acids is 1. The molecule has 0 heterocycles. The second kappa shape index (κ2) is 8.76. The molecule has 6 heteroatoms. The molecule has 126 valence electrons. The number of unbranched alkanes of at least 4 members (excludes halogenated alkanes) is 2. The van der Waals surface area contributed by atoms with Crippen LogP contribution in [0.1, 0.15) is 64.7 Å². The van der Waals surface area contributed by atoms with Crippen molar-refractivity contribution in [2.75, 3.05) is 13.6 Å². The Balaban J connectivity index is 2.39. The smallest absolute Gasteiger partial charge is 0.329 e. The normalized spacial score (nSPS) is 16.8. The molecule has 0 aromatic rings. The molecule has 1 aliphatic carbocycles. The summed E-state index contributed by atoms with van der Waals surface area (Å²) in [4.78, 5) is 36.1. The van der Waals surface area contributed by atoms with Gasteiger partial charge in [-0.3, -0.25) is 9.59 Å². The molecule has 1 fully saturated rings. The number of carboxylic acid groups (broad SMARTS) is 1. The number of hydrogen-bond donors (Lipinski definition) is 2. The van der Waals surface area contributed by atoms with Gasteiger partial charge < -0.3 is 15.3 Å². The quantitative estimate of drug-likeness (QED) is 0.670. The molecule has 2 amide bonds. The van der Waals surface area contributed by atoms with Gasteiger partial charge in [0.15, 0.2) is 0 Å². The molecule has 6 nitrogen and oxygen atoms in total. The molecule has 22 heavy (non-hydrogen) atoms. The summed E-state index contributed by atoms with van der Waals surface area (Å²) >= 11 is 0. The van der Waals surface area contributed by atoms with Gasteiger partial charge in [0.2, 0.25) is 11.8 Å². The minimum Gasteiger partial charge on any atom is -0.479 e. The zero-order valence-corrected chi connectivity index (χ0v) is 13.7. The summed E-state index contributed by atoms with van der Waals surface area (Å²) in [6.45, 7) is 2.10. The third-order valence-corrected chi connectivity index (χ3v) is 4.54. The molecular weight excluding hydrogens is 284 g/mol. The van der Waals surface area contributed by atoms with Gasteiger partial charge in [0.1, 0.15) is 5.54 Å². The van der Waals surface area contributed by atoms with Crippen molar-refractivity contribution in [1.82, 2.24) is 10.2 Å². The van der Waals surface area contributed by atoms with Crippen LogP contribution in [-0.4, -0.2) is 46.9 Å². The lowest BCUT2D eigenvalue weighted by atomic mass is 9.80. The highest BCUT2D eigenvalue weighted by molar-refractivity contribution is 5.87. The number of amides is 2. The molecule has 0 aliphatic heterocycles. The van der Waals surface area contributed by atoms with Gasteiger partial charge in [0.25, 0.3) is 0 Å². The summed E-state index contributed by atoms with van der Waals surface area (Å²) in [7, 11) is 1.62. The van der Waals surface area contributed by atoms with Crippen molar-refractivity contribution in [2.45, 2.75) is 70.3 Å². The van der Waals surface area contributed by atoms with Crippen molar-refractivity contribution in [2.24, 2.45) is 0 Å². The van der Waals surface area contributed by atoms with Gasteiger partial charge in [-0.25, -0.2) is 4.79 Å². The summed E-state index contributed by atoms with van der Waals surface area (Å²) in [6.07, 6.45) is 6.63. The zero-order valence-electron chi connectivity index (χ0n) is 13.7. The van der Waals surface area contributed by atoms with E-state index >= 15 is 0 Å². The maximum atomic E-state index is 12.3. The fourth-order valence-corrected chi connectivity index (χ4v) is 3.08. The summed E-state index contributed by atoms with van der Waals surface area (Å²) in [6, 6.07) is 0. The van der Waals surface area contributed by atoms with Crippen LogP contribution in [0.5, 0.6) is 0 Å². The van der Waals surface area contributed by atoms with Crippen molar-refractivity contribution >= 4 is 17.8 Å². The van der Waals surface area contributed by atoms with Gasteiger partial charge >= 0.3 is 5.97 Å². The summed E-state index contributed by atoms with van der Waals surface area (Å²) < 4.78 is 0. The van der Waals surface area contributed by atoms with Crippen molar-refractivity contribution in [3.05, 3.63) is 0 Å². The molecule has 0 bridgehead atoms. The molecule has 1 saturated carbocycles. The topological polar surface area (TPSA) is 86.7 Å². The summed E-state index contributed by atoms with van der Waals surface area (Å²) in [5.41, 5.74) is -1.01. The first-order valence-corrected chi connectivity index (χ1v) is 8.14. The van der Waals surface area contributed by atoms with Crippen LogP contribution in [0, 0.1) is 0 Å². The first-order valence-electron chi connectivity index (χ1n) is 8.14. The predicted octanol–water partition coefficient (Wildman–Crippen LogP) is 1.93. The van der Waals surface area contributed by atoms with Gasteiger partial charge in [0.05, 0.1) is 0 Å². The summed E-state index contributed by atoms with van der Waals surface area (Å²) in [5.74, 6) is -1.02. The van der Waals surface area contributed by atoms with Crippen LogP contribution in [0.4, 0.5) is 0 Å². The molecule has 0 aromatic carbocycles. The maximum absolute atomic E-state index is 12.3. The molecule has 0 aromatic heterocycles. The van der Waals surface area contributed by atoms with E-state index in [1.165, 1.54) is 11.8 Å². The first kappa shape index (κ1) is 18.5. The lowest BCUT2D eigenvalue weighted by Gasteiger charge is -2.41. The molecular formula is C16H28N2O4. The van der Waals surface area contributed by atoms with Gasteiger partial charge in [-0.05, 0) is 25.7 Å². The Morgan fingerprint density at radius 2 is 1.73 bits per heavy atom. The molecule has 0 unspecified atom stereocenters. The van der Waals surface area contributed by atoms with Gasteiger partial charge in [-0.15, -0.1) is 0 Å². The monoisotopic (exact) mass is 312 g/mol. The Kier molecular flexibility index (Phi) is 7.35. The molecule has 0 spiro atoms. The third kappa shape index (κ3) is 5.00. The third-order valence-electron chi connectivity index (χ3n) is 4.54. The largest absolute Gasteiger partial charge is 0.479 e. The van der Waals surface area contributed by atoms with E-state index in [4.69, 9.17) is 0 Å². The highest BCUT2D eigenvalue weighted by Crippen LogP contribution is 2.33. The fraction of sp³-hybridized carbons (Fsp3) is 0.812. The van der Waals surface area contributed by atoms with Crippen LogP contribution in [0.15, 0.2) is 0 Å². The van der Waals surface area contributed by atoms with Gasteiger partial charge in [-0.2, -0.15) is 0 Å². The van der Waals surface area contributed by atoms with Crippen molar-refractivity contribution in [3.63, 3.8) is 0 Å². The van der Waals surface area contributed by atoms with Crippen molar-refractivity contribution < 1.29 is 19.5 Å². The van der Waals surface area contributed by atoms with E-state index in [0.717, 1.165) is 38.5 Å². The van der Waals surface area contributed by atoms with E-state index in [0.29, 0.717) is 25.8 Å². The number of aliphatic carboxylic acids is 1. The molecule has 0 atom stereocenters.